The van der Waals surface area contributed by atoms with Crippen LogP contribution in [0.25, 0.3) is 0 Å². The number of hydrogen-bond donors (Lipinski definition) is 4. The van der Waals surface area contributed by atoms with Crippen molar-refractivity contribution >= 4 is 49.6 Å². The van der Waals surface area contributed by atoms with Gasteiger partial charge in [0.2, 0.25) is 0 Å². The van der Waals surface area contributed by atoms with Crippen LogP contribution in [0.2, 0.25) is 0 Å². The Morgan fingerprint density at radius 1 is 0.307 bits per heavy atom. The van der Waals surface area contributed by atoms with Gasteiger partial charge in [-0.15, -0.1) is 49.6 Å². The molecule has 4 aliphatic heterocycles. The molecule has 0 spiro atoms. The van der Waals surface area contributed by atoms with Crippen LogP contribution in [0.1, 0.15) is 162 Å². The second-order valence-corrected chi connectivity index (χ2v) is 26.8. The van der Waals surface area contributed by atoms with Crippen LogP contribution < -0.4 is 59.2 Å². The number of hydrogen-bond acceptors (Lipinski definition) is 12. The summed E-state index contributed by atoms with van der Waals surface area (Å²) >= 11 is 0. The van der Waals surface area contributed by atoms with Gasteiger partial charge in [0, 0.05) is 24.2 Å². The molecule has 0 amide bonds. The molecule has 16 nitrogen and oxygen atoms in total. The van der Waals surface area contributed by atoms with E-state index in [-0.39, 0.29) is 107 Å². The first-order chi connectivity index (χ1) is 45.8. The third-order valence-corrected chi connectivity index (χ3v) is 21.1. The van der Waals surface area contributed by atoms with Crippen LogP contribution >= 0.6 is 49.6 Å². The van der Waals surface area contributed by atoms with Crippen LogP contribution in [0.4, 0.5) is 0 Å². The molecule has 12 N–H and O–H groups in total. The van der Waals surface area contributed by atoms with Crippen molar-refractivity contribution in [3.05, 3.63) is 237 Å². The van der Waals surface area contributed by atoms with Gasteiger partial charge in [-0.25, -0.2) is 0 Å². The molecule has 4 unspecified atom stereocenters. The Kier molecular flexibility index (Phi) is 33.7. The molecule has 1 fully saturated rings. The highest BCUT2D eigenvalue weighted by atomic mass is 35.5. The Morgan fingerprint density at radius 2 is 0.525 bits per heavy atom. The maximum atomic E-state index is 6.63. The van der Waals surface area contributed by atoms with E-state index >= 15 is 0 Å². The predicted octanol–water partition coefficient (Wildman–Crippen LogP) is 14.6. The predicted molar refractivity (Wildman–Crippen MR) is 412 cm³/mol. The zero-order valence-electron chi connectivity index (χ0n) is 58.6. The fourth-order valence-corrected chi connectivity index (χ4v) is 16.1. The van der Waals surface area contributed by atoms with Crippen molar-refractivity contribution in [3.63, 3.8) is 0 Å². The Labute approximate surface area is 621 Å². The van der Waals surface area contributed by atoms with E-state index in [1.165, 1.54) is 57.3 Å². The normalized spacial score (nSPS) is 19.6. The van der Waals surface area contributed by atoms with Crippen LogP contribution in [0.5, 0.6) is 46.0 Å². The van der Waals surface area contributed by atoms with E-state index in [1.54, 1.807) is 28.4 Å². The van der Waals surface area contributed by atoms with Crippen molar-refractivity contribution in [2.45, 2.75) is 147 Å². The van der Waals surface area contributed by atoms with Crippen LogP contribution in [-0.4, -0.2) is 76.5 Å². The first-order valence-corrected chi connectivity index (χ1v) is 34.2. The molecule has 20 heteroatoms. The highest BCUT2D eigenvalue weighted by Gasteiger charge is 2.49. The number of rotatable bonds is 28. The maximum absolute atomic E-state index is 6.63. The van der Waals surface area contributed by atoms with E-state index in [0.717, 1.165) is 178 Å². The van der Waals surface area contributed by atoms with Gasteiger partial charge in [0.25, 0.3) is 0 Å². The van der Waals surface area contributed by atoms with E-state index in [4.69, 9.17) is 37.9 Å². The molecule has 8 aromatic carbocycles. The third-order valence-electron chi connectivity index (χ3n) is 21.1. The van der Waals surface area contributed by atoms with Crippen molar-refractivity contribution in [1.82, 2.24) is 21.3 Å². The Morgan fingerprint density at radius 3 is 0.733 bits per heavy atom. The minimum atomic E-state index is 0. The van der Waals surface area contributed by atoms with E-state index in [2.05, 4.69) is 191 Å². The van der Waals surface area contributed by atoms with E-state index < -0.39 is 0 Å². The van der Waals surface area contributed by atoms with Crippen molar-refractivity contribution in [2.75, 3.05) is 54.6 Å². The molecule has 13 rings (SSSR count). The summed E-state index contributed by atoms with van der Waals surface area (Å²) in [7, 11) is 7.05. The molecule has 1 saturated carbocycles. The van der Waals surface area contributed by atoms with Crippen LogP contribution in [0.15, 0.2) is 170 Å². The minimum Gasteiger partial charge on any atom is -0.493 e. The van der Waals surface area contributed by atoms with E-state index in [1.807, 2.05) is 0 Å². The van der Waals surface area contributed by atoms with Gasteiger partial charge in [-0.05, 0) is 249 Å². The molecule has 5 aliphatic rings. The average Bonchev–Trinajstić information content (AvgIpc) is 1.74. The minimum absolute atomic E-state index is 0. The van der Waals surface area contributed by atoms with Gasteiger partial charge < -0.3 is 81.1 Å². The lowest BCUT2D eigenvalue weighted by molar-refractivity contribution is 0.147. The summed E-state index contributed by atoms with van der Waals surface area (Å²) in [4.78, 5) is 0. The highest BCUT2D eigenvalue weighted by molar-refractivity contribution is 5.86. The lowest BCUT2D eigenvalue weighted by Gasteiger charge is -2.40. The van der Waals surface area contributed by atoms with Gasteiger partial charge in [0.15, 0.2) is 46.0 Å². The lowest BCUT2D eigenvalue weighted by Crippen LogP contribution is -2.34. The van der Waals surface area contributed by atoms with Gasteiger partial charge in [-0.1, -0.05) is 121 Å². The summed E-state index contributed by atoms with van der Waals surface area (Å²) in [5, 5.41) is 16.2. The molecule has 0 aromatic heterocycles. The molecule has 0 radical (unpaired) electrons. The fourth-order valence-electron chi connectivity index (χ4n) is 16.1. The Hall–Kier alpha value is -7.00. The molecule has 1 aliphatic carbocycles. The first kappa shape index (κ1) is 84.7. The molecule has 0 saturated heterocycles. The van der Waals surface area contributed by atoms with Gasteiger partial charge in [-0.2, -0.15) is 0 Å². The Balaban J connectivity index is 0.00000230. The van der Waals surface area contributed by atoms with Crippen LogP contribution in [-0.2, 0) is 52.1 Å². The largest absolute Gasteiger partial charge is 0.493 e. The number of benzene rings is 8. The summed E-state index contributed by atoms with van der Waals surface area (Å²) in [6, 6.07) is 60.6. The summed E-state index contributed by atoms with van der Waals surface area (Å²) in [6.07, 6.45) is 15.8. The second-order valence-electron chi connectivity index (χ2n) is 26.8. The molecule has 4 heterocycles. The van der Waals surface area contributed by atoms with Crippen molar-refractivity contribution in [3.8, 4) is 46.0 Å². The molecule has 550 valence electrons. The number of fused-ring (bicyclic) bond motifs is 4. The first-order valence-electron chi connectivity index (χ1n) is 34.2. The van der Waals surface area contributed by atoms with Crippen molar-refractivity contribution in [1.29, 1.82) is 0 Å². The number of halogens is 4. The third kappa shape index (κ3) is 20.5. The second kappa shape index (κ2) is 40.2. The topological polar surface area (TPSA) is 248 Å². The van der Waals surface area contributed by atoms with Crippen LogP contribution in [0.3, 0.4) is 0 Å². The zero-order valence-corrected chi connectivity index (χ0v) is 61.9. The summed E-state index contributed by atoms with van der Waals surface area (Å²) in [5.74, 6) is 6.37. The molecule has 4 atom stereocenters. The fraction of sp³-hybridized carbons (Fsp3) is 0.407. The molecule has 8 aromatic rings. The number of ether oxygens (including phenoxy) is 8. The SMILES string of the molecule is COc1cc2c(cc1OCc1ccccc1)C(CCC1(CCC3NCCc4cc(OC)c(OCc5ccccc5)cc43)CCC(CCC3NCCc4cc(OC)c(OCc5ccccc5)cc43)(CCC3NCCc4cc(OC)c(OCc5ccccc5)cc43)C1)NCC2.Cl.Cl.Cl.Cl.O.O.O.O. The van der Waals surface area contributed by atoms with E-state index in [9.17, 15) is 0 Å². The van der Waals surface area contributed by atoms with E-state index in [0.29, 0.717) is 26.4 Å². The van der Waals surface area contributed by atoms with Gasteiger partial charge >= 0.3 is 0 Å². The standard InChI is InChI=1S/C81H94N4O8.4ClH.4H2O/c1-86-72-43-60-29-39-82-68(64(60)47-76(72)90-51-56-17-9-5-10-18-56)25-33-80(34-26-69-65-48-77(91-52-57-19-11-6-12-20-57)73(87-2)44-61(65)30-40-83-69)37-38-81(55-80,35-27-70-66-49-78(92-53-58-21-13-7-14-22-58)74(88-3)45-62(66)31-41-84-70)36-28-71-67-50-79(93-54-59-23-15-8-16-24-59)75(89-4)46-63(67)32-42-85-71;;;;;;;;/h5-24,43-50,68-71,82-85H,25-42,51-55H2,1-4H3;4*1H;4*1H2. The quantitative estimate of drug-likeness (QED) is 0.0358. The monoisotopic (exact) mass is 1470 g/mol. The summed E-state index contributed by atoms with van der Waals surface area (Å²) < 4.78 is 50.7. The average molecular weight is 1470 g/mol. The Bertz CT molecular complexity index is 3310. The molecular weight excluding hydrogens is 1360 g/mol. The summed E-state index contributed by atoms with van der Waals surface area (Å²) in [6.45, 7) is 5.59. The smallest absolute Gasteiger partial charge is 0.162 e. The maximum Gasteiger partial charge on any atom is 0.162 e. The molecule has 101 heavy (non-hydrogen) atoms. The number of methoxy groups -OCH3 is 4. The summed E-state index contributed by atoms with van der Waals surface area (Å²) in [5.41, 5.74) is 15.4. The zero-order chi connectivity index (χ0) is 63.4. The van der Waals surface area contributed by atoms with Gasteiger partial charge in [0.05, 0.1) is 28.4 Å². The highest BCUT2D eigenvalue weighted by Crippen LogP contribution is 2.61. The van der Waals surface area contributed by atoms with Gasteiger partial charge in [-0.3, -0.25) is 0 Å². The van der Waals surface area contributed by atoms with Crippen molar-refractivity contribution < 1.29 is 59.8 Å². The lowest BCUT2D eigenvalue weighted by atomic mass is 9.68. The molecule has 0 bridgehead atoms. The number of nitrogens with one attached hydrogen (secondary N) is 4. The molecular formula is C81H106Cl4N4O12. The van der Waals surface area contributed by atoms with Gasteiger partial charge in [0.1, 0.15) is 26.4 Å². The van der Waals surface area contributed by atoms with Crippen molar-refractivity contribution in [2.24, 2.45) is 10.8 Å². The van der Waals surface area contributed by atoms with Crippen LogP contribution in [0, 0.1) is 10.8 Å².